The summed E-state index contributed by atoms with van der Waals surface area (Å²) in [7, 11) is -1.19. The van der Waals surface area contributed by atoms with E-state index < -0.39 is 33.9 Å². The number of carbonyl (C=O) groups is 2. The van der Waals surface area contributed by atoms with Crippen LogP contribution in [0.5, 0.6) is 5.75 Å². The Kier molecular flexibility index (Phi) is 5.72. The summed E-state index contributed by atoms with van der Waals surface area (Å²) in [6.45, 7) is 4.84. The highest BCUT2D eigenvalue weighted by molar-refractivity contribution is 7.87. The average molecular weight is 452 g/mol. The number of hydrogen-bond acceptors (Lipinski definition) is 7. The number of imidazole rings is 1. The Balaban J connectivity index is 2.03. The molecule has 3 rings (SSSR count). The molecule has 0 bridgehead atoms. The Morgan fingerprint density at radius 1 is 1.26 bits per heavy atom. The van der Waals surface area contributed by atoms with Crippen LogP contribution in [0.25, 0.3) is 0 Å². The van der Waals surface area contributed by atoms with E-state index in [9.17, 15) is 23.1 Å². The molecule has 1 aromatic heterocycles. The van der Waals surface area contributed by atoms with Crippen molar-refractivity contribution in [2.45, 2.75) is 39.0 Å². The molecule has 12 heteroatoms. The van der Waals surface area contributed by atoms with Gasteiger partial charge in [0.2, 0.25) is 0 Å². The molecule has 1 unspecified atom stereocenters. The van der Waals surface area contributed by atoms with E-state index in [0.717, 1.165) is 19.5 Å². The molecule has 1 atom stereocenters. The van der Waals surface area contributed by atoms with Crippen LogP contribution in [0.2, 0.25) is 0 Å². The van der Waals surface area contributed by atoms with Crippen LogP contribution in [0.3, 0.4) is 0 Å². The second kappa shape index (κ2) is 7.85. The topological polar surface area (TPSA) is 134 Å². The number of hydrogen-bond donors (Lipinski definition) is 2. The predicted molar refractivity (Wildman–Crippen MR) is 111 cm³/mol. The third-order valence-electron chi connectivity index (χ3n) is 4.50. The Bertz CT molecular complexity index is 1120. The van der Waals surface area contributed by atoms with Gasteiger partial charge < -0.3 is 15.2 Å². The van der Waals surface area contributed by atoms with Gasteiger partial charge in [0.05, 0.1) is 23.6 Å². The van der Waals surface area contributed by atoms with E-state index in [1.165, 1.54) is 26.2 Å². The number of aromatic nitrogens is 2. The number of benzene rings is 1. The maximum absolute atomic E-state index is 13.1. The molecule has 1 aromatic carbocycles. The maximum Gasteiger partial charge on any atom is 0.411 e. The highest BCUT2D eigenvalue weighted by atomic mass is 32.2. The molecule has 11 nitrogen and oxygen atoms in total. The van der Waals surface area contributed by atoms with Crippen LogP contribution in [-0.2, 0) is 26.3 Å². The normalized spacial score (nSPS) is 16.3. The number of fused-ring (bicyclic) bond motifs is 1. The zero-order valence-corrected chi connectivity index (χ0v) is 18.7. The molecule has 0 spiro atoms. The molecule has 0 saturated heterocycles. The number of phenolic OH excluding ortho intramolecular Hbond substituents is 1. The largest absolute Gasteiger partial charge is 0.506 e. The molecule has 168 valence electrons. The van der Waals surface area contributed by atoms with Gasteiger partial charge in [-0.1, -0.05) is 12.1 Å². The number of ether oxygens (including phenoxy) is 1. The van der Waals surface area contributed by atoms with Crippen molar-refractivity contribution >= 4 is 27.9 Å². The molecule has 0 radical (unpaired) electrons. The molecule has 0 fully saturated rings. The van der Waals surface area contributed by atoms with Crippen molar-refractivity contribution < 1.29 is 27.9 Å². The van der Waals surface area contributed by atoms with Crippen molar-refractivity contribution in [3.8, 4) is 5.75 Å². The predicted octanol–water partition coefficient (Wildman–Crippen LogP) is 1.67. The van der Waals surface area contributed by atoms with Crippen molar-refractivity contribution in [1.29, 1.82) is 0 Å². The lowest BCUT2D eigenvalue weighted by Gasteiger charge is -2.28. The zero-order chi connectivity index (χ0) is 23.1. The Morgan fingerprint density at radius 2 is 1.90 bits per heavy atom. The van der Waals surface area contributed by atoms with Gasteiger partial charge in [-0.3, -0.25) is 9.69 Å². The second-order valence-corrected chi connectivity index (χ2v) is 10.2. The molecule has 2 N–H and O–H groups in total. The van der Waals surface area contributed by atoms with Crippen molar-refractivity contribution in [3.63, 3.8) is 0 Å². The number of rotatable bonds is 4. The number of anilines is 1. The van der Waals surface area contributed by atoms with E-state index in [2.05, 4.69) is 10.3 Å². The number of nitrogens with one attached hydrogen (secondary N) is 1. The molecule has 0 aliphatic carbocycles. The molecule has 1 aliphatic rings. The van der Waals surface area contributed by atoms with E-state index in [4.69, 9.17) is 4.74 Å². The summed E-state index contributed by atoms with van der Waals surface area (Å²) in [5, 5.41) is 12.5. The molecule has 31 heavy (non-hydrogen) atoms. The van der Waals surface area contributed by atoms with Crippen molar-refractivity contribution in [1.82, 2.24) is 18.2 Å². The Morgan fingerprint density at radius 3 is 2.48 bits per heavy atom. The van der Waals surface area contributed by atoms with Gasteiger partial charge >= 0.3 is 16.3 Å². The van der Waals surface area contributed by atoms with Gasteiger partial charge in [0.25, 0.3) is 5.91 Å². The minimum atomic E-state index is -3.92. The number of carbonyl (C=O) groups excluding carboxylic acids is 2. The van der Waals surface area contributed by atoms with Gasteiger partial charge in [-0.15, -0.1) is 0 Å². The standard InChI is InChI=1S/C19H25N5O6S/c1-19(2,3)30-18(27)23-10-13-15(20-11-24(13)31(28,29)22(4)5)16(23)17(26)21-12-8-6-7-9-14(12)25/h6-9,11,16,25H,10H2,1-5H3,(H,21,26). The maximum atomic E-state index is 13.1. The molecule has 1 aliphatic heterocycles. The van der Waals surface area contributed by atoms with Gasteiger partial charge in [-0.25, -0.2) is 13.8 Å². The fourth-order valence-electron chi connectivity index (χ4n) is 3.06. The highest BCUT2D eigenvalue weighted by Gasteiger charge is 2.45. The number of phenols is 1. The fourth-order valence-corrected chi connectivity index (χ4v) is 4.01. The lowest BCUT2D eigenvalue weighted by molar-refractivity contribution is -0.121. The summed E-state index contributed by atoms with van der Waals surface area (Å²) in [6, 6.07) is 4.87. The van der Waals surface area contributed by atoms with Crippen LogP contribution in [0, 0.1) is 0 Å². The van der Waals surface area contributed by atoms with Gasteiger partial charge in [-0.05, 0) is 32.9 Å². The first kappa shape index (κ1) is 22.6. The van der Waals surface area contributed by atoms with E-state index in [1.54, 1.807) is 32.9 Å². The fraction of sp³-hybridized carbons (Fsp3) is 0.421. The monoisotopic (exact) mass is 451 g/mol. The zero-order valence-electron chi connectivity index (χ0n) is 17.9. The lowest BCUT2D eigenvalue weighted by Crippen LogP contribution is -2.40. The van der Waals surface area contributed by atoms with Gasteiger partial charge in [0.15, 0.2) is 6.04 Å². The second-order valence-electron chi connectivity index (χ2n) is 8.18. The third-order valence-corrected chi connectivity index (χ3v) is 6.24. The first-order valence-electron chi connectivity index (χ1n) is 9.40. The quantitative estimate of drug-likeness (QED) is 0.675. The first-order valence-corrected chi connectivity index (χ1v) is 10.8. The van der Waals surface area contributed by atoms with E-state index in [-0.39, 0.29) is 29.4 Å². The molecule has 2 amide bonds. The Labute approximate surface area is 180 Å². The summed E-state index contributed by atoms with van der Waals surface area (Å²) in [6.07, 6.45) is 0.309. The van der Waals surface area contributed by atoms with Gasteiger partial charge in [0.1, 0.15) is 17.7 Å². The third kappa shape index (κ3) is 4.35. The highest BCUT2D eigenvalue weighted by Crippen LogP contribution is 2.36. The van der Waals surface area contributed by atoms with Crippen LogP contribution in [-0.4, -0.2) is 63.4 Å². The summed E-state index contributed by atoms with van der Waals surface area (Å²) < 4.78 is 32.7. The van der Waals surface area contributed by atoms with Crippen LogP contribution in [0.15, 0.2) is 30.6 Å². The van der Waals surface area contributed by atoms with E-state index in [0.29, 0.717) is 0 Å². The molecular formula is C19H25N5O6S. The smallest absolute Gasteiger partial charge is 0.411 e. The molecule has 2 aromatic rings. The summed E-state index contributed by atoms with van der Waals surface area (Å²) in [5.41, 5.74) is -0.395. The minimum absolute atomic E-state index is 0.115. The summed E-state index contributed by atoms with van der Waals surface area (Å²) in [5.74, 6) is -0.822. The van der Waals surface area contributed by atoms with E-state index in [1.807, 2.05) is 0 Å². The van der Waals surface area contributed by atoms with Crippen LogP contribution in [0.1, 0.15) is 38.2 Å². The molecule has 0 saturated carbocycles. The molecular weight excluding hydrogens is 426 g/mol. The van der Waals surface area contributed by atoms with Crippen molar-refractivity contribution in [2.75, 3.05) is 19.4 Å². The minimum Gasteiger partial charge on any atom is -0.506 e. The number of nitrogens with zero attached hydrogens (tertiary/aromatic N) is 4. The number of para-hydroxylation sites is 2. The van der Waals surface area contributed by atoms with Crippen LogP contribution in [0.4, 0.5) is 10.5 Å². The molecule has 2 heterocycles. The lowest BCUT2D eigenvalue weighted by atomic mass is 10.2. The number of aromatic hydroxyl groups is 1. The first-order chi connectivity index (χ1) is 14.3. The van der Waals surface area contributed by atoms with Crippen molar-refractivity contribution in [3.05, 3.63) is 42.0 Å². The van der Waals surface area contributed by atoms with Crippen LogP contribution >= 0.6 is 0 Å². The van der Waals surface area contributed by atoms with Crippen molar-refractivity contribution in [2.24, 2.45) is 0 Å². The van der Waals surface area contributed by atoms with Gasteiger partial charge in [0, 0.05) is 14.1 Å². The Hall–Kier alpha value is -3.12. The number of amides is 2. The van der Waals surface area contributed by atoms with E-state index >= 15 is 0 Å². The average Bonchev–Trinajstić information content (AvgIpc) is 3.21. The van der Waals surface area contributed by atoms with Crippen LogP contribution < -0.4 is 5.32 Å². The summed E-state index contributed by atoms with van der Waals surface area (Å²) >= 11 is 0. The summed E-state index contributed by atoms with van der Waals surface area (Å²) in [4.78, 5) is 31.2. The SMILES string of the molecule is CN(C)S(=O)(=O)n1cnc2c1CN(C(=O)OC(C)(C)C)C2C(=O)Nc1ccccc1O. The van der Waals surface area contributed by atoms with Gasteiger partial charge in [-0.2, -0.15) is 12.7 Å².